The van der Waals surface area contributed by atoms with Crippen LogP contribution in [0.15, 0.2) is 18.5 Å². The van der Waals surface area contributed by atoms with Crippen LogP contribution in [0.1, 0.15) is 27.8 Å². The predicted octanol–water partition coefficient (Wildman–Crippen LogP) is 0.604. The Morgan fingerprint density at radius 3 is 2.94 bits per heavy atom. The molecule has 0 aromatic carbocycles. The smallest absolute Gasteiger partial charge is 0.358 e. The van der Waals surface area contributed by atoms with Crippen LogP contribution in [0.3, 0.4) is 0 Å². The third-order valence-electron chi connectivity index (χ3n) is 2.04. The van der Waals surface area contributed by atoms with E-state index in [2.05, 4.69) is 10.1 Å². The number of carboxylic acid groups (broad SMARTS) is 1. The third-order valence-corrected chi connectivity index (χ3v) is 2.04. The summed E-state index contributed by atoms with van der Waals surface area (Å²) in [7, 11) is 0. The Morgan fingerprint density at radius 2 is 2.29 bits per heavy atom. The van der Waals surface area contributed by atoms with Gasteiger partial charge in [0.25, 0.3) is 0 Å². The van der Waals surface area contributed by atoms with Crippen LogP contribution in [-0.4, -0.2) is 38.3 Å². The van der Waals surface area contributed by atoms with Gasteiger partial charge < -0.3 is 9.84 Å². The van der Waals surface area contributed by atoms with Crippen molar-refractivity contribution >= 4 is 17.6 Å². The summed E-state index contributed by atoms with van der Waals surface area (Å²) in [6, 6.07) is 1.43. The van der Waals surface area contributed by atoms with Gasteiger partial charge in [0.1, 0.15) is 0 Å². The van der Waals surface area contributed by atoms with E-state index in [0.29, 0.717) is 5.65 Å². The Balaban J connectivity index is 2.43. The van der Waals surface area contributed by atoms with Gasteiger partial charge in [0.05, 0.1) is 12.2 Å². The molecule has 0 fully saturated rings. The Hall–Kier alpha value is -2.44. The van der Waals surface area contributed by atoms with Crippen LogP contribution in [0, 0.1) is 0 Å². The maximum Gasteiger partial charge on any atom is 0.358 e. The van der Waals surface area contributed by atoms with Crippen molar-refractivity contribution in [3.63, 3.8) is 0 Å². The van der Waals surface area contributed by atoms with Gasteiger partial charge >= 0.3 is 11.9 Å². The summed E-state index contributed by atoms with van der Waals surface area (Å²) < 4.78 is 6.01. The molecule has 17 heavy (non-hydrogen) atoms. The van der Waals surface area contributed by atoms with Crippen LogP contribution in [0.4, 0.5) is 0 Å². The molecule has 0 amide bonds. The Labute approximate surface area is 95.6 Å². The molecule has 2 heterocycles. The minimum absolute atomic E-state index is 0.00370. The molecule has 1 N–H and O–H groups in total. The van der Waals surface area contributed by atoms with Crippen LogP contribution in [0.25, 0.3) is 5.65 Å². The molecule has 7 heteroatoms. The number of carboxylic acids is 1. The molecule has 0 spiro atoms. The van der Waals surface area contributed by atoms with E-state index >= 15 is 0 Å². The number of aromatic nitrogens is 3. The first-order valence-corrected chi connectivity index (χ1v) is 4.87. The molecule has 7 nitrogen and oxygen atoms in total. The van der Waals surface area contributed by atoms with E-state index in [1.165, 1.54) is 23.0 Å². The molecule has 0 aliphatic rings. The summed E-state index contributed by atoms with van der Waals surface area (Å²) >= 11 is 0. The fraction of sp³-hybridized carbons (Fsp3) is 0.200. The predicted molar refractivity (Wildman–Crippen MR) is 55.9 cm³/mol. The van der Waals surface area contributed by atoms with Gasteiger partial charge in [-0.15, -0.1) is 0 Å². The van der Waals surface area contributed by atoms with Gasteiger partial charge in [-0.05, 0) is 6.92 Å². The standard InChI is InChI=1S/C10H9N3O4/c1-2-17-10(16)7-3-8-11-4-6(9(14)15)5-13(8)12-7/h3-5H,2H2,1H3,(H,14,15). The van der Waals surface area contributed by atoms with Gasteiger partial charge in [0.15, 0.2) is 11.3 Å². The molecule has 0 aliphatic carbocycles. The van der Waals surface area contributed by atoms with Crippen molar-refractivity contribution in [3.05, 3.63) is 29.7 Å². The van der Waals surface area contributed by atoms with Gasteiger partial charge in [0.2, 0.25) is 0 Å². The minimum atomic E-state index is -1.10. The highest BCUT2D eigenvalue weighted by Crippen LogP contribution is 2.07. The summed E-state index contributed by atoms with van der Waals surface area (Å²) in [5.74, 6) is -1.66. The lowest BCUT2D eigenvalue weighted by Crippen LogP contribution is -2.05. The first-order chi connectivity index (χ1) is 8.11. The maximum atomic E-state index is 11.4. The van der Waals surface area contributed by atoms with Crippen molar-refractivity contribution in [2.75, 3.05) is 6.61 Å². The number of carbonyl (C=O) groups excluding carboxylic acids is 1. The van der Waals surface area contributed by atoms with Crippen molar-refractivity contribution in [2.24, 2.45) is 0 Å². The van der Waals surface area contributed by atoms with Gasteiger partial charge in [-0.2, -0.15) is 5.10 Å². The van der Waals surface area contributed by atoms with Gasteiger partial charge in [0, 0.05) is 18.5 Å². The molecule has 0 saturated heterocycles. The fourth-order valence-electron chi connectivity index (χ4n) is 1.29. The fourth-order valence-corrected chi connectivity index (χ4v) is 1.29. The number of hydrogen-bond acceptors (Lipinski definition) is 5. The lowest BCUT2D eigenvalue weighted by Gasteiger charge is -1.95. The molecule has 2 aromatic heterocycles. The molecule has 0 aliphatic heterocycles. The van der Waals surface area contributed by atoms with Crippen molar-refractivity contribution < 1.29 is 19.4 Å². The number of esters is 1. The number of hydrogen-bond donors (Lipinski definition) is 1. The molecule has 0 radical (unpaired) electrons. The average Bonchev–Trinajstić information content (AvgIpc) is 2.71. The molecule has 2 rings (SSSR count). The van der Waals surface area contributed by atoms with Crippen LogP contribution >= 0.6 is 0 Å². The van der Waals surface area contributed by atoms with E-state index in [1.807, 2.05) is 0 Å². The maximum absolute atomic E-state index is 11.4. The summed E-state index contributed by atoms with van der Waals surface area (Å²) in [4.78, 5) is 26.0. The molecular formula is C10H9N3O4. The number of rotatable bonds is 3. The number of ether oxygens (including phenoxy) is 1. The van der Waals surface area contributed by atoms with E-state index in [1.54, 1.807) is 6.92 Å². The van der Waals surface area contributed by atoms with Crippen LogP contribution in [-0.2, 0) is 4.74 Å². The Morgan fingerprint density at radius 1 is 1.53 bits per heavy atom. The summed E-state index contributed by atoms with van der Waals surface area (Å²) in [6.07, 6.45) is 2.49. The highest BCUT2D eigenvalue weighted by molar-refractivity contribution is 5.89. The first-order valence-electron chi connectivity index (χ1n) is 4.87. The summed E-state index contributed by atoms with van der Waals surface area (Å²) in [5, 5.41) is 12.7. The zero-order valence-corrected chi connectivity index (χ0v) is 8.95. The highest BCUT2D eigenvalue weighted by Gasteiger charge is 2.13. The molecular weight excluding hydrogens is 226 g/mol. The molecule has 2 aromatic rings. The number of carbonyl (C=O) groups is 2. The van der Waals surface area contributed by atoms with E-state index in [-0.39, 0.29) is 17.9 Å². The van der Waals surface area contributed by atoms with Gasteiger partial charge in [-0.1, -0.05) is 0 Å². The second-order valence-electron chi connectivity index (χ2n) is 3.20. The Kier molecular flexibility index (Phi) is 2.73. The first kappa shape index (κ1) is 11.1. The van der Waals surface area contributed by atoms with Gasteiger partial charge in [-0.25, -0.2) is 19.1 Å². The highest BCUT2D eigenvalue weighted by atomic mass is 16.5. The van der Waals surface area contributed by atoms with E-state index < -0.39 is 11.9 Å². The van der Waals surface area contributed by atoms with Crippen molar-refractivity contribution in [3.8, 4) is 0 Å². The Bertz CT molecular complexity index is 590. The molecule has 0 bridgehead atoms. The molecule has 88 valence electrons. The largest absolute Gasteiger partial charge is 0.478 e. The van der Waals surface area contributed by atoms with Crippen LogP contribution in [0.2, 0.25) is 0 Å². The zero-order valence-electron chi connectivity index (χ0n) is 8.95. The van der Waals surface area contributed by atoms with E-state index in [0.717, 1.165) is 0 Å². The second kappa shape index (κ2) is 4.20. The number of nitrogens with zero attached hydrogens (tertiary/aromatic N) is 3. The molecule has 0 saturated carbocycles. The number of fused-ring (bicyclic) bond motifs is 1. The zero-order chi connectivity index (χ0) is 12.4. The van der Waals surface area contributed by atoms with Gasteiger partial charge in [-0.3, -0.25) is 0 Å². The topological polar surface area (TPSA) is 93.8 Å². The van der Waals surface area contributed by atoms with Crippen LogP contribution < -0.4 is 0 Å². The molecule has 0 atom stereocenters. The average molecular weight is 235 g/mol. The second-order valence-corrected chi connectivity index (χ2v) is 3.20. The SMILES string of the molecule is CCOC(=O)c1cc2ncc(C(=O)O)cn2n1. The van der Waals surface area contributed by atoms with E-state index in [9.17, 15) is 9.59 Å². The lowest BCUT2D eigenvalue weighted by atomic mass is 10.3. The van der Waals surface area contributed by atoms with Crippen molar-refractivity contribution in [2.45, 2.75) is 6.92 Å². The third kappa shape index (κ3) is 2.07. The quantitative estimate of drug-likeness (QED) is 0.783. The lowest BCUT2D eigenvalue weighted by molar-refractivity contribution is 0.0518. The van der Waals surface area contributed by atoms with Crippen molar-refractivity contribution in [1.29, 1.82) is 0 Å². The summed E-state index contributed by atoms with van der Waals surface area (Å²) in [5.41, 5.74) is 0.482. The van der Waals surface area contributed by atoms with E-state index in [4.69, 9.17) is 9.84 Å². The van der Waals surface area contributed by atoms with Crippen LogP contribution in [0.5, 0.6) is 0 Å². The minimum Gasteiger partial charge on any atom is -0.478 e. The summed E-state index contributed by atoms with van der Waals surface area (Å²) in [6.45, 7) is 1.94. The monoisotopic (exact) mass is 235 g/mol. The normalized spacial score (nSPS) is 10.4. The van der Waals surface area contributed by atoms with Crippen molar-refractivity contribution in [1.82, 2.24) is 14.6 Å². The molecule has 0 unspecified atom stereocenters. The number of aromatic carboxylic acids is 1.